The van der Waals surface area contributed by atoms with E-state index in [1.807, 2.05) is 0 Å². The molecule has 0 aliphatic rings. The van der Waals surface area contributed by atoms with Gasteiger partial charge in [0, 0.05) is 12.5 Å². The number of hydrogen-bond acceptors (Lipinski definition) is 2. The van der Waals surface area contributed by atoms with E-state index in [2.05, 4.69) is 12.2 Å². The second-order valence-electron chi connectivity index (χ2n) is 2.99. The van der Waals surface area contributed by atoms with Gasteiger partial charge in [-0.25, -0.2) is 8.78 Å². The van der Waals surface area contributed by atoms with Crippen LogP contribution in [0.15, 0.2) is 18.2 Å². The quantitative estimate of drug-likeness (QED) is 0.624. The maximum absolute atomic E-state index is 12.7. The number of ether oxygens (including phenoxy) is 1. The summed E-state index contributed by atoms with van der Waals surface area (Å²) in [5, 5.41) is 0. The molecule has 0 atom stereocenters. The highest BCUT2D eigenvalue weighted by Crippen LogP contribution is 2.15. The summed E-state index contributed by atoms with van der Waals surface area (Å²) in [7, 11) is 0. The lowest BCUT2D eigenvalue weighted by atomic mass is 10.3. The Balaban J connectivity index is 2.38. The maximum Gasteiger partial charge on any atom is 0.162 e. The summed E-state index contributed by atoms with van der Waals surface area (Å²) >= 11 is 4.68. The van der Waals surface area contributed by atoms with Gasteiger partial charge < -0.3 is 10.5 Å². The third-order valence-electron chi connectivity index (χ3n) is 1.73. The van der Waals surface area contributed by atoms with Gasteiger partial charge in [-0.2, -0.15) is 0 Å². The fraction of sp³-hybridized carbons (Fsp3) is 0.300. The molecule has 0 fully saturated rings. The molecule has 2 nitrogen and oxygen atoms in total. The number of nitrogens with two attached hydrogens (primary N) is 1. The van der Waals surface area contributed by atoms with Gasteiger partial charge in [0.1, 0.15) is 5.75 Å². The number of hydrogen-bond donors (Lipinski definition) is 1. The van der Waals surface area contributed by atoms with Gasteiger partial charge in [-0.3, -0.25) is 0 Å². The van der Waals surface area contributed by atoms with Gasteiger partial charge in [0.05, 0.1) is 11.6 Å². The van der Waals surface area contributed by atoms with Crippen molar-refractivity contribution in [1.29, 1.82) is 0 Å². The molecule has 1 aromatic rings. The van der Waals surface area contributed by atoms with Crippen molar-refractivity contribution < 1.29 is 13.5 Å². The predicted octanol–water partition coefficient (Wildman–Crippen LogP) is 2.41. The van der Waals surface area contributed by atoms with Gasteiger partial charge in [0.2, 0.25) is 0 Å². The second-order valence-corrected chi connectivity index (χ2v) is 3.52. The van der Waals surface area contributed by atoms with Crippen molar-refractivity contribution in [3.8, 4) is 5.75 Å². The Labute approximate surface area is 92.0 Å². The smallest absolute Gasteiger partial charge is 0.162 e. The number of halogens is 2. The fourth-order valence-electron chi connectivity index (χ4n) is 1.00. The molecule has 0 spiro atoms. The first-order chi connectivity index (χ1) is 7.09. The molecule has 1 rings (SSSR count). The molecule has 2 N–H and O–H groups in total. The number of benzene rings is 1. The molecular weight excluding hydrogens is 220 g/mol. The van der Waals surface area contributed by atoms with Gasteiger partial charge in [-0.05, 0) is 18.6 Å². The number of thiocarbonyl (C=S) groups is 1. The van der Waals surface area contributed by atoms with Crippen molar-refractivity contribution in [1.82, 2.24) is 0 Å². The molecule has 15 heavy (non-hydrogen) atoms. The van der Waals surface area contributed by atoms with E-state index >= 15 is 0 Å². The van der Waals surface area contributed by atoms with Crippen LogP contribution in [0, 0.1) is 11.6 Å². The van der Waals surface area contributed by atoms with Crippen LogP contribution in [0.3, 0.4) is 0 Å². The zero-order valence-electron chi connectivity index (χ0n) is 8.00. The molecule has 5 heteroatoms. The average molecular weight is 231 g/mol. The summed E-state index contributed by atoms with van der Waals surface area (Å²) in [4.78, 5) is 0.420. The highest BCUT2D eigenvalue weighted by molar-refractivity contribution is 7.80. The minimum atomic E-state index is -0.915. The lowest BCUT2D eigenvalue weighted by Crippen LogP contribution is -2.09. The molecule has 0 saturated heterocycles. The lowest BCUT2D eigenvalue weighted by molar-refractivity contribution is 0.311. The van der Waals surface area contributed by atoms with Crippen LogP contribution in [0.4, 0.5) is 8.78 Å². The molecule has 0 bridgehead atoms. The fourth-order valence-corrected chi connectivity index (χ4v) is 1.15. The van der Waals surface area contributed by atoms with Crippen LogP contribution in [0.25, 0.3) is 0 Å². The highest BCUT2D eigenvalue weighted by atomic mass is 32.1. The third kappa shape index (κ3) is 4.20. The van der Waals surface area contributed by atoms with E-state index in [1.54, 1.807) is 0 Å². The second kappa shape index (κ2) is 5.60. The SMILES string of the molecule is NC(=S)CCCOc1ccc(F)c(F)c1. The molecule has 0 aromatic heterocycles. The average Bonchev–Trinajstić information content (AvgIpc) is 2.18. The van der Waals surface area contributed by atoms with E-state index in [-0.39, 0.29) is 0 Å². The molecule has 0 amide bonds. The first-order valence-corrected chi connectivity index (χ1v) is 4.86. The summed E-state index contributed by atoms with van der Waals surface area (Å²) in [6, 6.07) is 3.41. The normalized spacial score (nSPS) is 10.0. The molecule has 0 radical (unpaired) electrons. The van der Waals surface area contributed by atoms with Crippen LogP contribution in [-0.4, -0.2) is 11.6 Å². The summed E-state index contributed by atoms with van der Waals surface area (Å²) < 4.78 is 30.4. The monoisotopic (exact) mass is 231 g/mol. The number of rotatable bonds is 5. The third-order valence-corrected chi connectivity index (χ3v) is 1.93. The largest absolute Gasteiger partial charge is 0.493 e. The molecular formula is C10H11F2NOS. The van der Waals surface area contributed by atoms with Crippen molar-refractivity contribution >= 4 is 17.2 Å². The summed E-state index contributed by atoms with van der Waals surface area (Å²) in [5.41, 5.74) is 5.28. The van der Waals surface area contributed by atoms with Crippen LogP contribution in [0.2, 0.25) is 0 Å². The molecule has 82 valence electrons. The van der Waals surface area contributed by atoms with Crippen LogP contribution in [0.5, 0.6) is 5.75 Å². The van der Waals surface area contributed by atoms with E-state index in [1.165, 1.54) is 6.07 Å². The molecule has 1 aromatic carbocycles. The van der Waals surface area contributed by atoms with Crippen LogP contribution in [-0.2, 0) is 0 Å². The van der Waals surface area contributed by atoms with E-state index in [4.69, 9.17) is 10.5 Å². The lowest BCUT2D eigenvalue weighted by Gasteiger charge is -2.05. The molecule has 0 saturated carbocycles. The van der Waals surface area contributed by atoms with Gasteiger partial charge in [0.15, 0.2) is 11.6 Å². The van der Waals surface area contributed by atoms with E-state index in [0.29, 0.717) is 30.2 Å². The van der Waals surface area contributed by atoms with Crippen molar-refractivity contribution in [3.63, 3.8) is 0 Å². The molecule has 0 aliphatic carbocycles. The molecule has 0 unspecified atom stereocenters. The Morgan fingerprint density at radius 2 is 2.07 bits per heavy atom. The standard InChI is InChI=1S/C10H11F2NOS/c11-8-4-3-7(6-9(8)12)14-5-1-2-10(13)15/h3-4,6H,1-2,5H2,(H2,13,15). The topological polar surface area (TPSA) is 35.2 Å². The summed E-state index contributed by atoms with van der Waals surface area (Å²) in [6.07, 6.45) is 1.24. The minimum Gasteiger partial charge on any atom is -0.493 e. The van der Waals surface area contributed by atoms with Gasteiger partial charge in [0.25, 0.3) is 0 Å². The summed E-state index contributed by atoms with van der Waals surface area (Å²) in [5.74, 6) is -1.50. The Hall–Kier alpha value is -1.23. The van der Waals surface area contributed by atoms with Crippen molar-refractivity contribution in [3.05, 3.63) is 29.8 Å². The summed E-state index contributed by atoms with van der Waals surface area (Å²) in [6.45, 7) is 0.377. The first kappa shape index (κ1) is 11.8. The van der Waals surface area contributed by atoms with Crippen LogP contribution in [0.1, 0.15) is 12.8 Å². The Morgan fingerprint density at radius 3 is 2.67 bits per heavy atom. The van der Waals surface area contributed by atoms with E-state index in [9.17, 15) is 8.78 Å². The Morgan fingerprint density at radius 1 is 1.33 bits per heavy atom. The van der Waals surface area contributed by atoms with E-state index < -0.39 is 11.6 Å². The molecule has 0 aliphatic heterocycles. The van der Waals surface area contributed by atoms with E-state index in [0.717, 1.165) is 12.1 Å². The zero-order valence-corrected chi connectivity index (χ0v) is 8.82. The zero-order chi connectivity index (χ0) is 11.3. The van der Waals surface area contributed by atoms with Crippen LogP contribution < -0.4 is 10.5 Å². The predicted molar refractivity (Wildman–Crippen MR) is 57.9 cm³/mol. The highest BCUT2D eigenvalue weighted by Gasteiger charge is 2.02. The first-order valence-electron chi connectivity index (χ1n) is 4.46. The van der Waals surface area contributed by atoms with Gasteiger partial charge in [-0.15, -0.1) is 0 Å². The van der Waals surface area contributed by atoms with Crippen LogP contribution >= 0.6 is 12.2 Å². The molecule has 0 heterocycles. The van der Waals surface area contributed by atoms with Gasteiger partial charge >= 0.3 is 0 Å². The van der Waals surface area contributed by atoms with Crippen molar-refractivity contribution in [2.75, 3.05) is 6.61 Å². The van der Waals surface area contributed by atoms with Crippen molar-refractivity contribution in [2.45, 2.75) is 12.8 Å². The Kier molecular flexibility index (Phi) is 4.42. The minimum absolute atomic E-state index is 0.303. The van der Waals surface area contributed by atoms with Gasteiger partial charge in [-0.1, -0.05) is 12.2 Å². The van der Waals surface area contributed by atoms with Crippen molar-refractivity contribution in [2.24, 2.45) is 5.73 Å². The maximum atomic E-state index is 12.7. The Bertz CT molecular complexity index is 357.